The zero-order valence-corrected chi connectivity index (χ0v) is 20.1. The van der Waals surface area contributed by atoms with Crippen LogP contribution >= 0.6 is 0 Å². The number of hydrogen-bond donors (Lipinski definition) is 2. The summed E-state index contributed by atoms with van der Waals surface area (Å²) in [5.74, 6) is -0.649. The lowest BCUT2D eigenvalue weighted by atomic mass is 9.94. The van der Waals surface area contributed by atoms with Crippen molar-refractivity contribution in [3.05, 3.63) is 54.6 Å². The van der Waals surface area contributed by atoms with Crippen LogP contribution in [0.2, 0.25) is 0 Å². The number of benzene rings is 1. The molecule has 3 amide bonds. The summed E-state index contributed by atoms with van der Waals surface area (Å²) >= 11 is 0. The first kappa shape index (κ1) is 26.2. The molecular formula is C26H37N3O4. The number of ether oxygens (including phenoxy) is 1. The highest BCUT2D eigenvalue weighted by molar-refractivity contribution is 5.90. The smallest absolute Gasteiger partial charge is 0.408 e. The second-order valence-electron chi connectivity index (χ2n) is 9.31. The normalized spacial score (nSPS) is 15.1. The van der Waals surface area contributed by atoms with E-state index in [2.05, 4.69) is 23.8 Å². The summed E-state index contributed by atoms with van der Waals surface area (Å²) in [4.78, 5) is 40.1. The van der Waals surface area contributed by atoms with Crippen molar-refractivity contribution < 1.29 is 19.1 Å². The van der Waals surface area contributed by atoms with Gasteiger partial charge in [-0.2, -0.15) is 0 Å². The third kappa shape index (κ3) is 8.40. The average molecular weight is 456 g/mol. The molecule has 0 heterocycles. The maximum atomic E-state index is 13.5. The summed E-state index contributed by atoms with van der Waals surface area (Å²) in [5.41, 5.74) is 0.843. The van der Waals surface area contributed by atoms with Gasteiger partial charge in [-0.05, 0) is 50.8 Å². The first-order chi connectivity index (χ1) is 15.6. The monoisotopic (exact) mass is 455 g/mol. The number of carbonyl (C=O) groups is 3. The molecule has 1 aliphatic carbocycles. The van der Waals surface area contributed by atoms with Crippen LogP contribution in [0.25, 0.3) is 6.08 Å². The van der Waals surface area contributed by atoms with Gasteiger partial charge < -0.3 is 20.3 Å². The van der Waals surface area contributed by atoms with Crippen molar-refractivity contribution in [2.24, 2.45) is 0 Å². The molecule has 1 atom stereocenters. The Hall–Kier alpha value is -3.09. The van der Waals surface area contributed by atoms with Crippen LogP contribution < -0.4 is 10.6 Å². The predicted octanol–water partition coefficient (Wildman–Crippen LogP) is 4.36. The Bertz CT molecular complexity index is 853. The molecule has 1 aromatic rings. The van der Waals surface area contributed by atoms with Gasteiger partial charge in [0.2, 0.25) is 11.8 Å². The van der Waals surface area contributed by atoms with E-state index in [1.807, 2.05) is 24.3 Å². The first-order valence-electron chi connectivity index (χ1n) is 11.5. The topological polar surface area (TPSA) is 87.7 Å². The Morgan fingerprint density at radius 2 is 1.88 bits per heavy atom. The molecule has 7 nitrogen and oxygen atoms in total. The molecule has 1 aliphatic rings. The molecule has 1 unspecified atom stereocenters. The largest absolute Gasteiger partial charge is 0.444 e. The number of rotatable bonds is 9. The van der Waals surface area contributed by atoms with E-state index < -0.39 is 23.6 Å². The average Bonchev–Trinajstić information content (AvgIpc) is 2.77. The van der Waals surface area contributed by atoms with Crippen molar-refractivity contribution in [1.82, 2.24) is 15.5 Å². The fourth-order valence-electron chi connectivity index (χ4n) is 3.91. The summed E-state index contributed by atoms with van der Waals surface area (Å²) in [5, 5.41) is 5.63. The van der Waals surface area contributed by atoms with Crippen LogP contribution in [-0.4, -0.2) is 47.5 Å². The van der Waals surface area contributed by atoms with Gasteiger partial charge in [-0.1, -0.05) is 56.2 Å². The maximum Gasteiger partial charge on any atom is 0.408 e. The van der Waals surface area contributed by atoms with Gasteiger partial charge in [0, 0.05) is 12.6 Å². The van der Waals surface area contributed by atoms with Crippen LogP contribution in [0.5, 0.6) is 0 Å². The third-order valence-corrected chi connectivity index (χ3v) is 5.40. The van der Waals surface area contributed by atoms with Crippen molar-refractivity contribution in [3.8, 4) is 0 Å². The molecule has 180 valence electrons. The van der Waals surface area contributed by atoms with Gasteiger partial charge in [0.25, 0.3) is 0 Å². The summed E-state index contributed by atoms with van der Waals surface area (Å²) in [6, 6.07) is 6.62. The number of hydrogen-bond acceptors (Lipinski definition) is 4. The van der Waals surface area contributed by atoms with Gasteiger partial charge in [-0.3, -0.25) is 9.59 Å². The molecule has 0 aromatic heterocycles. The molecule has 0 radical (unpaired) electrons. The molecule has 2 rings (SSSR count). The molecular weight excluding hydrogens is 418 g/mol. The van der Waals surface area contributed by atoms with E-state index in [4.69, 9.17) is 4.74 Å². The number of nitrogens with one attached hydrogen (secondary N) is 2. The Morgan fingerprint density at radius 3 is 2.48 bits per heavy atom. The van der Waals surface area contributed by atoms with Crippen molar-refractivity contribution >= 4 is 24.0 Å². The molecule has 0 spiro atoms. The Kier molecular flexibility index (Phi) is 9.70. The molecule has 2 N–H and O–H groups in total. The SMILES string of the molecule is C=CCN(C(=O)CNC(=O)OC(C)(C)C)C(C(=O)NC1CCCCC1)c1cccc(C=C)c1. The zero-order chi connectivity index (χ0) is 24.4. The van der Waals surface area contributed by atoms with E-state index in [1.165, 1.54) is 11.3 Å². The van der Waals surface area contributed by atoms with Gasteiger partial charge in [-0.15, -0.1) is 6.58 Å². The van der Waals surface area contributed by atoms with Crippen LogP contribution in [0.3, 0.4) is 0 Å². The van der Waals surface area contributed by atoms with E-state index in [1.54, 1.807) is 32.9 Å². The summed E-state index contributed by atoms with van der Waals surface area (Å²) in [6.07, 6.45) is 7.78. The van der Waals surface area contributed by atoms with E-state index in [0.29, 0.717) is 5.56 Å². The summed E-state index contributed by atoms with van der Waals surface area (Å²) in [7, 11) is 0. The summed E-state index contributed by atoms with van der Waals surface area (Å²) in [6.45, 7) is 12.7. The highest BCUT2D eigenvalue weighted by Crippen LogP contribution is 2.25. The van der Waals surface area contributed by atoms with Crippen molar-refractivity contribution in [3.63, 3.8) is 0 Å². The zero-order valence-electron chi connectivity index (χ0n) is 20.1. The number of nitrogens with zero attached hydrogens (tertiary/aromatic N) is 1. The number of amides is 3. The highest BCUT2D eigenvalue weighted by atomic mass is 16.6. The number of carbonyl (C=O) groups excluding carboxylic acids is 3. The van der Waals surface area contributed by atoms with Gasteiger partial charge >= 0.3 is 6.09 Å². The van der Waals surface area contributed by atoms with Gasteiger partial charge in [0.15, 0.2) is 0 Å². The maximum absolute atomic E-state index is 13.5. The Morgan fingerprint density at radius 1 is 1.18 bits per heavy atom. The minimum atomic E-state index is -0.863. The predicted molar refractivity (Wildman–Crippen MR) is 130 cm³/mol. The minimum Gasteiger partial charge on any atom is -0.444 e. The van der Waals surface area contributed by atoms with Crippen LogP contribution in [-0.2, 0) is 14.3 Å². The first-order valence-corrected chi connectivity index (χ1v) is 11.5. The lowest BCUT2D eigenvalue weighted by molar-refractivity contribution is -0.140. The van der Waals surface area contributed by atoms with E-state index in [-0.39, 0.29) is 25.0 Å². The molecule has 0 aliphatic heterocycles. The molecule has 0 bridgehead atoms. The Balaban J connectivity index is 2.28. The summed E-state index contributed by atoms with van der Waals surface area (Å²) < 4.78 is 5.22. The second-order valence-corrected chi connectivity index (χ2v) is 9.31. The highest BCUT2D eigenvalue weighted by Gasteiger charge is 2.32. The number of alkyl carbamates (subject to hydrolysis) is 1. The molecule has 33 heavy (non-hydrogen) atoms. The van der Waals surface area contributed by atoms with Gasteiger partial charge in [-0.25, -0.2) is 4.79 Å². The van der Waals surface area contributed by atoms with Crippen molar-refractivity contribution in [2.75, 3.05) is 13.1 Å². The lowest BCUT2D eigenvalue weighted by Gasteiger charge is -2.33. The third-order valence-electron chi connectivity index (χ3n) is 5.40. The van der Waals surface area contributed by atoms with Crippen molar-refractivity contribution in [1.29, 1.82) is 0 Å². The van der Waals surface area contributed by atoms with Crippen LogP contribution in [0.1, 0.15) is 70.0 Å². The van der Waals surface area contributed by atoms with Crippen LogP contribution in [0, 0.1) is 0 Å². The molecule has 7 heteroatoms. The van der Waals surface area contributed by atoms with Gasteiger partial charge in [0.05, 0.1) is 0 Å². The lowest BCUT2D eigenvalue weighted by Crippen LogP contribution is -2.49. The van der Waals surface area contributed by atoms with E-state index in [0.717, 1.165) is 31.2 Å². The second kappa shape index (κ2) is 12.2. The quantitative estimate of drug-likeness (QED) is 0.542. The fourth-order valence-corrected chi connectivity index (χ4v) is 3.91. The van der Waals surface area contributed by atoms with E-state index >= 15 is 0 Å². The Labute approximate surface area is 197 Å². The molecule has 1 aromatic carbocycles. The molecule has 0 saturated heterocycles. The van der Waals surface area contributed by atoms with Gasteiger partial charge in [0.1, 0.15) is 18.2 Å². The molecule has 1 saturated carbocycles. The van der Waals surface area contributed by atoms with Crippen LogP contribution in [0.4, 0.5) is 4.79 Å². The van der Waals surface area contributed by atoms with E-state index in [9.17, 15) is 14.4 Å². The minimum absolute atomic E-state index is 0.0944. The van der Waals surface area contributed by atoms with Crippen LogP contribution in [0.15, 0.2) is 43.5 Å². The van der Waals surface area contributed by atoms with Crippen molar-refractivity contribution in [2.45, 2.75) is 70.6 Å². The fraction of sp³-hybridized carbons (Fsp3) is 0.500. The standard InChI is InChI=1S/C26H37N3O4/c1-6-16-29(22(30)18-27-25(32)33-26(3,4)5)23(20-13-11-12-19(7-2)17-20)24(31)28-21-14-9-8-10-15-21/h6-7,11-13,17,21,23H,1-2,8-10,14-16,18H2,3-5H3,(H,27,32)(H,28,31). The molecule has 1 fully saturated rings.